The van der Waals surface area contributed by atoms with Crippen molar-refractivity contribution in [1.29, 1.82) is 0 Å². The number of halogens is 2. The Kier molecular flexibility index (Phi) is 5.27. The number of hydrogen-bond acceptors (Lipinski definition) is 4. The van der Waals surface area contributed by atoms with Crippen molar-refractivity contribution in [2.24, 2.45) is 0 Å². The van der Waals surface area contributed by atoms with E-state index in [4.69, 9.17) is 0 Å². The van der Waals surface area contributed by atoms with Crippen molar-refractivity contribution in [2.45, 2.75) is 19.0 Å². The van der Waals surface area contributed by atoms with Gasteiger partial charge >= 0.3 is 0 Å². The highest BCUT2D eigenvalue weighted by Gasteiger charge is 2.11. The molecule has 0 saturated heterocycles. The van der Waals surface area contributed by atoms with E-state index in [2.05, 4.69) is 52.1 Å². The van der Waals surface area contributed by atoms with Crippen LogP contribution in [-0.4, -0.2) is 26.6 Å². The highest BCUT2D eigenvalue weighted by atomic mass is 79.9. The number of nitrogens with one attached hydrogen (secondary N) is 2. The number of aromatic amines is 1. The Morgan fingerprint density at radius 3 is 2.75 bits per heavy atom. The molecule has 2 heterocycles. The number of carbonyl (C=O) groups excluding carboxylic acids is 1. The first-order valence-corrected chi connectivity index (χ1v) is 9.71. The predicted octanol–water partition coefficient (Wildman–Crippen LogP) is 4.83. The summed E-state index contributed by atoms with van der Waals surface area (Å²) in [5.41, 5.74) is 4.27. The number of nitrogens with zero attached hydrogens (tertiary/aromatic N) is 2. The third kappa shape index (κ3) is 3.99. The van der Waals surface area contributed by atoms with Crippen LogP contribution in [0.5, 0.6) is 0 Å². The molecule has 3 rings (SSSR count). The number of fused-ring (bicyclic) bond motifs is 1. The minimum Gasteiger partial charge on any atom is -0.331 e. The summed E-state index contributed by atoms with van der Waals surface area (Å²) >= 11 is 8.25. The van der Waals surface area contributed by atoms with Crippen molar-refractivity contribution in [3.63, 3.8) is 0 Å². The number of aromatic nitrogens is 3. The molecule has 2 N–H and O–H groups in total. The molecule has 5 nitrogen and oxygen atoms in total. The summed E-state index contributed by atoms with van der Waals surface area (Å²) in [6.45, 7) is 3.92. The highest BCUT2D eigenvalue weighted by Crippen LogP contribution is 2.25. The molecule has 0 radical (unpaired) electrons. The highest BCUT2D eigenvalue weighted by molar-refractivity contribution is 9.10. The number of imidazole rings is 1. The molecule has 3 aromatic rings. The lowest BCUT2D eigenvalue weighted by molar-refractivity contribution is -0.113. The second-order valence-electron chi connectivity index (χ2n) is 5.29. The molecule has 0 saturated carbocycles. The van der Waals surface area contributed by atoms with E-state index >= 15 is 0 Å². The molecule has 124 valence electrons. The Bertz CT molecular complexity index is 887. The third-order valence-electron chi connectivity index (χ3n) is 3.32. The fourth-order valence-corrected chi connectivity index (χ4v) is 3.68. The smallest absolute Gasteiger partial charge is 0.234 e. The van der Waals surface area contributed by atoms with Crippen LogP contribution in [0.15, 0.2) is 38.4 Å². The van der Waals surface area contributed by atoms with E-state index < -0.39 is 0 Å². The first kappa shape index (κ1) is 17.4. The molecular formula is C16H14Br2N4OS. The topological polar surface area (TPSA) is 70.7 Å². The standard InChI is InChI=1S/C16H14Br2N4OS/c1-8-3-4-12(11(18)5-8)20-14(23)7-24-16-21-13-6-10(17)9(2)19-15(13)22-16/h3-6H,7H2,1-2H3,(H,20,23)(H,19,21,22). The second-order valence-corrected chi connectivity index (χ2v) is 7.96. The lowest BCUT2D eigenvalue weighted by atomic mass is 10.2. The van der Waals surface area contributed by atoms with Gasteiger partial charge in [0.1, 0.15) is 0 Å². The zero-order valence-corrected chi connectivity index (χ0v) is 17.0. The van der Waals surface area contributed by atoms with E-state index in [9.17, 15) is 4.79 Å². The number of thioether (sulfide) groups is 1. The maximum absolute atomic E-state index is 12.1. The molecule has 0 bridgehead atoms. The molecule has 0 atom stereocenters. The van der Waals surface area contributed by atoms with Gasteiger partial charge in [-0.15, -0.1) is 0 Å². The molecule has 0 fully saturated rings. The summed E-state index contributed by atoms with van der Waals surface area (Å²) in [4.78, 5) is 24.1. The van der Waals surface area contributed by atoms with E-state index in [0.717, 1.165) is 31.4 Å². The Labute approximate surface area is 160 Å². The molecular weight excluding hydrogens is 456 g/mol. The van der Waals surface area contributed by atoms with Crippen LogP contribution in [-0.2, 0) is 4.79 Å². The van der Waals surface area contributed by atoms with Crippen molar-refractivity contribution in [3.05, 3.63) is 44.5 Å². The number of amides is 1. The van der Waals surface area contributed by atoms with Crippen LogP contribution in [0.25, 0.3) is 11.2 Å². The lowest BCUT2D eigenvalue weighted by Crippen LogP contribution is -2.14. The summed E-state index contributed by atoms with van der Waals surface area (Å²) in [6, 6.07) is 7.75. The average Bonchev–Trinajstić information content (AvgIpc) is 2.90. The predicted molar refractivity (Wildman–Crippen MR) is 105 cm³/mol. The van der Waals surface area contributed by atoms with Crippen molar-refractivity contribution < 1.29 is 4.79 Å². The van der Waals surface area contributed by atoms with Crippen LogP contribution < -0.4 is 5.32 Å². The van der Waals surface area contributed by atoms with Gasteiger partial charge in [-0.05, 0) is 69.5 Å². The molecule has 2 aromatic heterocycles. The number of rotatable bonds is 4. The van der Waals surface area contributed by atoms with Crippen LogP contribution in [0.2, 0.25) is 0 Å². The number of hydrogen-bond donors (Lipinski definition) is 2. The number of anilines is 1. The fourth-order valence-electron chi connectivity index (χ4n) is 2.09. The van der Waals surface area contributed by atoms with E-state index in [1.807, 2.05) is 38.1 Å². The monoisotopic (exact) mass is 468 g/mol. The van der Waals surface area contributed by atoms with Crippen molar-refractivity contribution in [3.8, 4) is 0 Å². The molecule has 0 unspecified atom stereocenters. The van der Waals surface area contributed by atoms with Crippen LogP contribution in [0.3, 0.4) is 0 Å². The zero-order valence-electron chi connectivity index (χ0n) is 13.0. The van der Waals surface area contributed by atoms with Gasteiger partial charge in [0, 0.05) is 8.95 Å². The molecule has 0 aliphatic carbocycles. The second kappa shape index (κ2) is 7.25. The molecule has 24 heavy (non-hydrogen) atoms. The number of benzene rings is 1. The molecule has 0 aliphatic heterocycles. The van der Waals surface area contributed by atoms with Crippen molar-refractivity contribution >= 4 is 66.4 Å². The third-order valence-corrected chi connectivity index (χ3v) is 5.65. The maximum Gasteiger partial charge on any atom is 0.234 e. The number of H-pyrrole nitrogens is 1. The van der Waals surface area contributed by atoms with Gasteiger partial charge in [-0.3, -0.25) is 4.79 Å². The van der Waals surface area contributed by atoms with Crippen LogP contribution >= 0.6 is 43.6 Å². The van der Waals surface area contributed by atoms with E-state index in [-0.39, 0.29) is 11.7 Å². The summed E-state index contributed by atoms with van der Waals surface area (Å²) in [7, 11) is 0. The van der Waals surface area contributed by atoms with E-state index in [1.165, 1.54) is 11.8 Å². The lowest BCUT2D eigenvalue weighted by Gasteiger charge is -2.07. The van der Waals surface area contributed by atoms with Crippen LogP contribution in [0, 0.1) is 13.8 Å². The van der Waals surface area contributed by atoms with E-state index in [0.29, 0.717) is 10.8 Å². The summed E-state index contributed by atoms with van der Waals surface area (Å²) < 4.78 is 1.80. The van der Waals surface area contributed by atoms with Gasteiger partial charge in [0.15, 0.2) is 10.8 Å². The summed E-state index contributed by atoms with van der Waals surface area (Å²) in [5.74, 6) is 0.177. The quantitative estimate of drug-likeness (QED) is 0.537. The Balaban J connectivity index is 1.65. The average molecular weight is 470 g/mol. The molecule has 1 aromatic carbocycles. The van der Waals surface area contributed by atoms with Gasteiger partial charge in [-0.2, -0.15) is 0 Å². The first-order chi connectivity index (χ1) is 11.4. The largest absolute Gasteiger partial charge is 0.331 e. The van der Waals surface area contributed by atoms with Gasteiger partial charge in [-0.1, -0.05) is 17.8 Å². The zero-order chi connectivity index (χ0) is 17.3. The summed E-state index contributed by atoms with van der Waals surface area (Å²) in [5, 5.41) is 3.56. The SMILES string of the molecule is Cc1ccc(NC(=O)CSc2nc3nc(C)c(Br)cc3[nH]2)c(Br)c1. The fraction of sp³-hybridized carbons (Fsp3) is 0.188. The van der Waals surface area contributed by atoms with Gasteiger partial charge in [0.05, 0.1) is 22.7 Å². The minimum atomic E-state index is -0.0877. The molecule has 0 spiro atoms. The van der Waals surface area contributed by atoms with Gasteiger partial charge in [-0.25, -0.2) is 9.97 Å². The number of pyridine rings is 1. The number of carbonyl (C=O) groups is 1. The minimum absolute atomic E-state index is 0.0877. The van der Waals surface area contributed by atoms with Crippen LogP contribution in [0.1, 0.15) is 11.3 Å². The number of aryl methyl sites for hydroxylation is 2. The normalized spacial score (nSPS) is 11.0. The van der Waals surface area contributed by atoms with Crippen LogP contribution in [0.4, 0.5) is 5.69 Å². The first-order valence-electron chi connectivity index (χ1n) is 7.14. The summed E-state index contributed by atoms with van der Waals surface area (Å²) in [6.07, 6.45) is 0. The Hall–Kier alpha value is -1.38. The maximum atomic E-state index is 12.1. The molecule has 1 amide bonds. The van der Waals surface area contributed by atoms with Gasteiger partial charge in [0.25, 0.3) is 0 Å². The molecule has 0 aliphatic rings. The van der Waals surface area contributed by atoms with Crippen molar-refractivity contribution in [1.82, 2.24) is 15.0 Å². The Morgan fingerprint density at radius 1 is 1.21 bits per heavy atom. The van der Waals surface area contributed by atoms with Gasteiger partial charge in [0.2, 0.25) is 5.91 Å². The molecule has 8 heteroatoms. The van der Waals surface area contributed by atoms with Gasteiger partial charge < -0.3 is 10.3 Å². The Morgan fingerprint density at radius 2 is 2.00 bits per heavy atom. The van der Waals surface area contributed by atoms with Crippen molar-refractivity contribution in [2.75, 3.05) is 11.1 Å². The van der Waals surface area contributed by atoms with E-state index in [1.54, 1.807) is 0 Å².